The molecule has 0 bridgehead atoms. The van der Waals surface area contributed by atoms with Crippen LogP contribution < -0.4 is 4.72 Å². The van der Waals surface area contributed by atoms with E-state index in [2.05, 4.69) is 27.6 Å². The van der Waals surface area contributed by atoms with Crippen LogP contribution in [0.1, 0.15) is 19.8 Å². The summed E-state index contributed by atoms with van der Waals surface area (Å²) in [6.07, 6.45) is 1.83. The number of thiophene rings is 1. The molecular formula is C9H11BrClNO2S2. The molecule has 2 rings (SSSR count). The van der Waals surface area contributed by atoms with Gasteiger partial charge in [-0.05, 0) is 40.8 Å². The Bertz CT molecular complexity index is 474. The molecule has 0 aromatic carbocycles. The van der Waals surface area contributed by atoms with Gasteiger partial charge >= 0.3 is 0 Å². The van der Waals surface area contributed by atoms with Gasteiger partial charge in [0.1, 0.15) is 4.21 Å². The molecule has 1 fully saturated rings. The summed E-state index contributed by atoms with van der Waals surface area (Å²) >= 11 is 10.2. The van der Waals surface area contributed by atoms with Gasteiger partial charge < -0.3 is 0 Å². The molecule has 0 amide bonds. The van der Waals surface area contributed by atoms with Gasteiger partial charge in [0, 0.05) is 6.04 Å². The molecule has 3 nitrogen and oxygen atoms in total. The van der Waals surface area contributed by atoms with Gasteiger partial charge in [0.15, 0.2) is 0 Å². The lowest BCUT2D eigenvalue weighted by atomic mass is 9.83. The van der Waals surface area contributed by atoms with Crippen LogP contribution in [0.2, 0.25) is 5.02 Å². The Balaban J connectivity index is 2.13. The Labute approximate surface area is 112 Å². The van der Waals surface area contributed by atoms with E-state index in [1.54, 1.807) is 0 Å². The number of sulfonamides is 1. The van der Waals surface area contributed by atoms with Gasteiger partial charge in [-0.2, -0.15) is 0 Å². The van der Waals surface area contributed by atoms with Crippen LogP contribution in [0.25, 0.3) is 0 Å². The van der Waals surface area contributed by atoms with Crippen molar-refractivity contribution in [2.24, 2.45) is 5.92 Å². The maximum atomic E-state index is 11.9. The van der Waals surface area contributed by atoms with Crippen LogP contribution >= 0.6 is 38.9 Å². The van der Waals surface area contributed by atoms with E-state index in [-0.39, 0.29) is 10.3 Å². The highest BCUT2D eigenvalue weighted by Gasteiger charge is 2.30. The van der Waals surface area contributed by atoms with Crippen LogP contribution in [0.15, 0.2) is 14.1 Å². The van der Waals surface area contributed by atoms with E-state index in [4.69, 9.17) is 11.6 Å². The van der Waals surface area contributed by atoms with E-state index in [1.165, 1.54) is 6.07 Å². The molecule has 1 N–H and O–H groups in total. The smallest absolute Gasteiger partial charge is 0.207 e. The van der Waals surface area contributed by atoms with E-state index < -0.39 is 10.0 Å². The summed E-state index contributed by atoms with van der Waals surface area (Å²) in [6, 6.07) is 1.56. The van der Waals surface area contributed by atoms with Crippen LogP contribution in [0.5, 0.6) is 0 Å². The molecule has 1 aromatic rings. The lowest BCUT2D eigenvalue weighted by molar-refractivity contribution is 0.270. The first-order chi connectivity index (χ1) is 7.38. The molecule has 1 aromatic heterocycles. The van der Waals surface area contributed by atoms with E-state index in [9.17, 15) is 8.42 Å². The van der Waals surface area contributed by atoms with Crippen LogP contribution in [0, 0.1) is 5.92 Å². The highest BCUT2D eigenvalue weighted by atomic mass is 79.9. The number of rotatable bonds is 3. The Morgan fingerprint density at radius 2 is 2.19 bits per heavy atom. The summed E-state index contributed by atoms with van der Waals surface area (Å²) in [5.41, 5.74) is 0. The molecule has 16 heavy (non-hydrogen) atoms. The molecule has 0 aliphatic heterocycles. The molecule has 1 saturated carbocycles. The van der Waals surface area contributed by atoms with Gasteiger partial charge in [0.05, 0.1) is 8.81 Å². The van der Waals surface area contributed by atoms with Crippen LogP contribution in [0.3, 0.4) is 0 Å². The molecule has 0 atom stereocenters. The quantitative estimate of drug-likeness (QED) is 0.915. The second-order valence-electron chi connectivity index (χ2n) is 4.08. The van der Waals surface area contributed by atoms with Crippen LogP contribution in [-0.4, -0.2) is 14.5 Å². The number of hydrogen-bond donors (Lipinski definition) is 1. The third-order valence-electron chi connectivity index (χ3n) is 2.58. The fraction of sp³-hybridized carbons (Fsp3) is 0.556. The van der Waals surface area contributed by atoms with Crippen LogP contribution in [-0.2, 0) is 10.0 Å². The van der Waals surface area contributed by atoms with Gasteiger partial charge in [0.2, 0.25) is 10.0 Å². The number of hydrogen-bond acceptors (Lipinski definition) is 3. The van der Waals surface area contributed by atoms with E-state index in [0.29, 0.717) is 14.7 Å². The molecule has 0 unspecified atom stereocenters. The Kier molecular flexibility index (Phi) is 3.66. The van der Waals surface area contributed by atoms with Crippen molar-refractivity contribution in [2.75, 3.05) is 0 Å². The second-order valence-corrected chi connectivity index (χ2v) is 8.80. The molecule has 0 spiro atoms. The molecule has 1 aliphatic carbocycles. The zero-order chi connectivity index (χ0) is 11.9. The predicted molar refractivity (Wildman–Crippen MR) is 69.5 cm³/mol. The highest BCUT2D eigenvalue weighted by molar-refractivity contribution is 9.11. The van der Waals surface area contributed by atoms with Crippen molar-refractivity contribution in [3.8, 4) is 0 Å². The zero-order valence-electron chi connectivity index (χ0n) is 8.54. The molecule has 1 aliphatic rings. The number of nitrogens with one attached hydrogen (secondary N) is 1. The standard InChI is InChI=1S/C9H11BrClNO2S2/c1-5-2-6(3-5)12-16(13,14)8-4-7(11)9(10)15-8/h4-6,12H,2-3H2,1H3. The number of halogens is 2. The Morgan fingerprint density at radius 3 is 2.62 bits per heavy atom. The van der Waals surface area contributed by atoms with Gasteiger partial charge in [-0.15, -0.1) is 11.3 Å². The molecule has 90 valence electrons. The summed E-state index contributed by atoms with van der Waals surface area (Å²) in [7, 11) is -3.39. The zero-order valence-corrected chi connectivity index (χ0v) is 12.5. The summed E-state index contributed by atoms with van der Waals surface area (Å²) in [5.74, 6) is 0.617. The maximum Gasteiger partial charge on any atom is 0.250 e. The molecule has 7 heteroatoms. The van der Waals surface area contributed by atoms with Crippen molar-refractivity contribution >= 4 is 48.9 Å². The van der Waals surface area contributed by atoms with Gasteiger partial charge in [-0.25, -0.2) is 13.1 Å². The second kappa shape index (κ2) is 4.57. The minimum Gasteiger partial charge on any atom is -0.207 e. The van der Waals surface area contributed by atoms with E-state index in [0.717, 1.165) is 24.2 Å². The predicted octanol–water partition coefficient (Wildman–Crippen LogP) is 3.24. The third kappa shape index (κ3) is 2.61. The van der Waals surface area contributed by atoms with Crippen molar-refractivity contribution in [1.29, 1.82) is 0 Å². The van der Waals surface area contributed by atoms with Crippen molar-refractivity contribution in [3.05, 3.63) is 14.9 Å². The van der Waals surface area contributed by atoms with Gasteiger partial charge in [-0.3, -0.25) is 0 Å². The summed E-state index contributed by atoms with van der Waals surface area (Å²) in [4.78, 5) is 0. The minimum atomic E-state index is -3.39. The normalized spacial score (nSPS) is 25.4. The van der Waals surface area contributed by atoms with Crippen LogP contribution in [0.4, 0.5) is 0 Å². The largest absolute Gasteiger partial charge is 0.250 e. The fourth-order valence-corrected chi connectivity index (χ4v) is 5.41. The van der Waals surface area contributed by atoms with Gasteiger partial charge in [-0.1, -0.05) is 18.5 Å². The third-order valence-corrected chi connectivity index (χ3v) is 7.05. The fourth-order valence-electron chi connectivity index (χ4n) is 1.74. The summed E-state index contributed by atoms with van der Waals surface area (Å²) in [6.45, 7) is 2.11. The van der Waals surface area contributed by atoms with Crippen molar-refractivity contribution in [3.63, 3.8) is 0 Å². The Morgan fingerprint density at radius 1 is 1.56 bits per heavy atom. The lowest BCUT2D eigenvalue weighted by Gasteiger charge is -2.32. The molecular weight excluding hydrogens is 334 g/mol. The average molecular weight is 345 g/mol. The molecule has 0 saturated heterocycles. The molecule has 0 radical (unpaired) electrons. The average Bonchev–Trinajstić information content (AvgIpc) is 2.45. The first-order valence-corrected chi connectivity index (χ1v) is 8.32. The summed E-state index contributed by atoms with van der Waals surface area (Å²) in [5, 5.41) is 0.437. The monoisotopic (exact) mass is 343 g/mol. The van der Waals surface area contributed by atoms with Gasteiger partial charge in [0.25, 0.3) is 0 Å². The van der Waals surface area contributed by atoms with Crippen molar-refractivity contribution < 1.29 is 8.42 Å². The molecule has 1 heterocycles. The minimum absolute atomic E-state index is 0.0830. The highest BCUT2D eigenvalue weighted by Crippen LogP contribution is 2.35. The SMILES string of the molecule is CC1CC(NS(=O)(=O)c2cc(Cl)c(Br)s2)C1. The summed E-state index contributed by atoms with van der Waals surface area (Å²) < 4.78 is 27.5. The van der Waals surface area contributed by atoms with Crippen molar-refractivity contribution in [1.82, 2.24) is 4.72 Å². The van der Waals surface area contributed by atoms with E-state index >= 15 is 0 Å². The topological polar surface area (TPSA) is 46.2 Å². The van der Waals surface area contributed by atoms with E-state index in [1.807, 2.05) is 0 Å². The van der Waals surface area contributed by atoms with Crippen molar-refractivity contribution in [2.45, 2.75) is 30.0 Å². The Hall–Kier alpha value is 0.380. The lowest BCUT2D eigenvalue weighted by Crippen LogP contribution is -2.43. The first-order valence-electron chi connectivity index (χ1n) is 4.85. The first kappa shape index (κ1) is 12.8. The maximum absolute atomic E-state index is 11.9.